The van der Waals surface area contributed by atoms with Gasteiger partial charge >= 0.3 is 0 Å². The lowest BCUT2D eigenvalue weighted by Crippen LogP contribution is -2.09. The molecule has 0 radical (unpaired) electrons. The largest absolute Gasteiger partial charge is 0.306 e. The molecule has 0 fully saturated rings. The number of rotatable bonds is 2. The molecule has 24 heavy (non-hydrogen) atoms. The van der Waals surface area contributed by atoms with E-state index in [1.165, 1.54) is 0 Å². The van der Waals surface area contributed by atoms with Gasteiger partial charge in [-0.15, -0.1) is 0 Å². The Kier molecular flexibility index (Phi) is 3.70. The van der Waals surface area contributed by atoms with Gasteiger partial charge in [-0.3, -0.25) is 9.78 Å². The number of hydrogen-bond donors (Lipinski definition) is 1. The number of fused-ring (bicyclic) bond motifs is 1. The molecule has 2 heterocycles. The lowest BCUT2D eigenvalue weighted by atomic mass is 10.1. The van der Waals surface area contributed by atoms with Crippen molar-refractivity contribution in [3.8, 4) is 22.6 Å². The average molecular weight is 378 g/mol. The van der Waals surface area contributed by atoms with Crippen molar-refractivity contribution in [2.45, 2.75) is 0 Å². The molecule has 2 aromatic heterocycles. The van der Waals surface area contributed by atoms with Gasteiger partial charge in [0.1, 0.15) is 5.82 Å². The van der Waals surface area contributed by atoms with E-state index in [1.807, 2.05) is 54.6 Å². The minimum absolute atomic E-state index is 0.130. The SMILES string of the molecule is O=c1[nH]c(-c2ccc(-c3ccc(Br)cn3)cc2)nc2ccccc12. The van der Waals surface area contributed by atoms with E-state index >= 15 is 0 Å². The standard InChI is InChI=1S/C19H12BrN3O/c20-14-9-10-16(21-11-14)12-5-7-13(8-6-12)18-22-17-4-2-1-3-15(17)19(24)23-18/h1-11H,(H,22,23,24). The van der Waals surface area contributed by atoms with E-state index in [0.717, 1.165) is 21.3 Å². The van der Waals surface area contributed by atoms with E-state index in [-0.39, 0.29) is 5.56 Å². The highest BCUT2D eigenvalue weighted by molar-refractivity contribution is 9.10. The van der Waals surface area contributed by atoms with E-state index in [2.05, 4.69) is 30.9 Å². The van der Waals surface area contributed by atoms with Crippen molar-refractivity contribution in [2.75, 3.05) is 0 Å². The molecule has 0 atom stereocenters. The van der Waals surface area contributed by atoms with Crippen LogP contribution in [0.2, 0.25) is 0 Å². The molecule has 4 rings (SSSR count). The number of benzene rings is 2. The molecule has 4 nitrogen and oxygen atoms in total. The highest BCUT2D eigenvalue weighted by atomic mass is 79.9. The van der Waals surface area contributed by atoms with Crippen LogP contribution in [0.3, 0.4) is 0 Å². The smallest absolute Gasteiger partial charge is 0.259 e. The van der Waals surface area contributed by atoms with Crippen LogP contribution >= 0.6 is 15.9 Å². The lowest BCUT2D eigenvalue weighted by Gasteiger charge is -2.05. The number of nitrogens with zero attached hydrogens (tertiary/aromatic N) is 2. The molecule has 1 N–H and O–H groups in total. The second kappa shape index (κ2) is 6.02. The van der Waals surface area contributed by atoms with Gasteiger partial charge in [-0.05, 0) is 40.2 Å². The normalized spacial score (nSPS) is 10.9. The fraction of sp³-hybridized carbons (Fsp3) is 0. The van der Waals surface area contributed by atoms with Gasteiger partial charge in [0, 0.05) is 21.8 Å². The first-order valence-electron chi connectivity index (χ1n) is 7.42. The summed E-state index contributed by atoms with van der Waals surface area (Å²) < 4.78 is 0.945. The van der Waals surface area contributed by atoms with Crippen LogP contribution in [-0.4, -0.2) is 15.0 Å². The molecule has 2 aromatic carbocycles. The van der Waals surface area contributed by atoms with Crippen molar-refractivity contribution in [3.63, 3.8) is 0 Å². The Morgan fingerprint density at radius 2 is 1.62 bits per heavy atom. The molecular weight excluding hydrogens is 366 g/mol. The van der Waals surface area contributed by atoms with Crippen molar-refractivity contribution in [3.05, 3.63) is 81.7 Å². The number of hydrogen-bond acceptors (Lipinski definition) is 3. The summed E-state index contributed by atoms with van der Waals surface area (Å²) in [6, 6.07) is 19.1. The summed E-state index contributed by atoms with van der Waals surface area (Å²) in [7, 11) is 0. The number of aromatic nitrogens is 3. The predicted molar refractivity (Wildman–Crippen MR) is 98.7 cm³/mol. The molecule has 0 bridgehead atoms. The topological polar surface area (TPSA) is 58.6 Å². The summed E-state index contributed by atoms with van der Waals surface area (Å²) in [5, 5.41) is 0.594. The van der Waals surface area contributed by atoms with E-state index < -0.39 is 0 Å². The number of para-hydroxylation sites is 1. The maximum Gasteiger partial charge on any atom is 0.259 e. The summed E-state index contributed by atoms with van der Waals surface area (Å²) in [6.07, 6.45) is 1.77. The van der Waals surface area contributed by atoms with Crippen LogP contribution in [0.15, 0.2) is 76.1 Å². The summed E-state index contributed by atoms with van der Waals surface area (Å²) >= 11 is 3.38. The number of nitrogens with one attached hydrogen (secondary N) is 1. The Morgan fingerprint density at radius 1 is 0.875 bits per heavy atom. The minimum Gasteiger partial charge on any atom is -0.306 e. The Bertz CT molecular complexity index is 1070. The zero-order chi connectivity index (χ0) is 16.5. The van der Waals surface area contributed by atoms with Crippen LogP contribution in [0.4, 0.5) is 0 Å². The number of H-pyrrole nitrogens is 1. The van der Waals surface area contributed by atoms with E-state index in [9.17, 15) is 4.79 Å². The van der Waals surface area contributed by atoms with Crippen LogP contribution in [0.1, 0.15) is 0 Å². The van der Waals surface area contributed by atoms with E-state index in [1.54, 1.807) is 12.3 Å². The van der Waals surface area contributed by atoms with Gasteiger partial charge in [-0.25, -0.2) is 4.98 Å². The quantitative estimate of drug-likeness (QED) is 0.562. The second-order valence-electron chi connectivity index (χ2n) is 5.37. The highest BCUT2D eigenvalue weighted by Crippen LogP contribution is 2.23. The fourth-order valence-electron chi connectivity index (χ4n) is 2.57. The third kappa shape index (κ3) is 2.74. The summed E-state index contributed by atoms with van der Waals surface area (Å²) in [5.41, 5.74) is 3.32. The van der Waals surface area contributed by atoms with E-state index in [0.29, 0.717) is 16.7 Å². The predicted octanol–water partition coefficient (Wildman–Crippen LogP) is 4.41. The van der Waals surface area contributed by atoms with Crippen LogP contribution < -0.4 is 5.56 Å². The van der Waals surface area contributed by atoms with Crippen LogP contribution in [0.25, 0.3) is 33.5 Å². The monoisotopic (exact) mass is 377 g/mol. The van der Waals surface area contributed by atoms with Gasteiger partial charge in [0.15, 0.2) is 0 Å². The first-order valence-corrected chi connectivity index (χ1v) is 8.21. The van der Waals surface area contributed by atoms with E-state index in [4.69, 9.17) is 0 Å². The first kappa shape index (κ1) is 14.8. The third-order valence-electron chi connectivity index (χ3n) is 3.79. The van der Waals surface area contributed by atoms with Crippen LogP contribution in [-0.2, 0) is 0 Å². The molecule has 116 valence electrons. The molecule has 0 saturated carbocycles. The Labute approximate surface area is 146 Å². The van der Waals surface area contributed by atoms with Gasteiger partial charge in [0.2, 0.25) is 0 Å². The fourth-order valence-corrected chi connectivity index (χ4v) is 2.80. The first-order chi connectivity index (χ1) is 11.7. The van der Waals surface area contributed by atoms with Gasteiger partial charge in [-0.1, -0.05) is 36.4 Å². The van der Waals surface area contributed by atoms with Gasteiger partial charge in [-0.2, -0.15) is 0 Å². The molecule has 0 aliphatic carbocycles. The number of pyridine rings is 1. The van der Waals surface area contributed by atoms with Gasteiger partial charge in [0.25, 0.3) is 5.56 Å². The summed E-state index contributed by atoms with van der Waals surface area (Å²) in [5.74, 6) is 0.564. The lowest BCUT2D eigenvalue weighted by molar-refractivity contribution is 1.18. The minimum atomic E-state index is -0.130. The van der Waals surface area contributed by atoms with Crippen LogP contribution in [0.5, 0.6) is 0 Å². The van der Waals surface area contributed by atoms with Crippen molar-refractivity contribution >= 4 is 26.8 Å². The zero-order valence-electron chi connectivity index (χ0n) is 12.5. The summed E-state index contributed by atoms with van der Waals surface area (Å²) in [6.45, 7) is 0. The molecule has 0 spiro atoms. The maximum atomic E-state index is 12.2. The highest BCUT2D eigenvalue weighted by Gasteiger charge is 2.06. The third-order valence-corrected chi connectivity index (χ3v) is 4.26. The molecule has 0 saturated heterocycles. The number of aromatic amines is 1. The van der Waals surface area contributed by atoms with Crippen LogP contribution in [0, 0.1) is 0 Å². The summed E-state index contributed by atoms with van der Waals surface area (Å²) in [4.78, 5) is 24.0. The number of halogens is 1. The van der Waals surface area contributed by atoms with Crippen molar-refractivity contribution in [2.24, 2.45) is 0 Å². The maximum absolute atomic E-state index is 12.2. The van der Waals surface area contributed by atoms with Crippen molar-refractivity contribution in [1.29, 1.82) is 0 Å². The molecule has 0 unspecified atom stereocenters. The Balaban J connectivity index is 1.75. The van der Waals surface area contributed by atoms with Crippen molar-refractivity contribution in [1.82, 2.24) is 15.0 Å². The molecule has 4 aromatic rings. The van der Waals surface area contributed by atoms with Gasteiger partial charge < -0.3 is 4.98 Å². The van der Waals surface area contributed by atoms with Gasteiger partial charge in [0.05, 0.1) is 16.6 Å². The molecule has 0 aliphatic heterocycles. The molecule has 5 heteroatoms. The Hall–Kier alpha value is -2.79. The molecular formula is C19H12BrN3O. The van der Waals surface area contributed by atoms with Crippen molar-refractivity contribution < 1.29 is 0 Å². The zero-order valence-corrected chi connectivity index (χ0v) is 14.1. The molecule has 0 aliphatic rings. The molecule has 0 amide bonds. The Morgan fingerprint density at radius 3 is 2.38 bits per heavy atom. The second-order valence-corrected chi connectivity index (χ2v) is 6.29. The average Bonchev–Trinajstić information content (AvgIpc) is 2.62.